The summed E-state index contributed by atoms with van der Waals surface area (Å²) in [5.74, 6) is 1.75. The molecule has 4 saturated carbocycles. The zero-order valence-corrected chi connectivity index (χ0v) is 34.6. The number of rotatable bonds is 20. The van der Waals surface area contributed by atoms with E-state index in [9.17, 15) is 17.6 Å². The number of hydrogen-bond acceptors (Lipinski definition) is 4. The molecule has 0 aliphatic heterocycles. The average Bonchev–Trinajstić information content (AvgIpc) is 3.20. The summed E-state index contributed by atoms with van der Waals surface area (Å²) in [6.45, 7) is 8.04. The predicted molar refractivity (Wildman–Crippen MR) is 215 cm³/mol. The average molecular weight is 787 g/mol. The quantitative estimate of drug-likeness (QED) is 0.0989. The highest BCUT2D eigenvalue weighted by Crippen LogP contribution is 2.47. The number of ether oxygens (including phenoxy) is 4. The molecule has 0 saturated heterocycles. The van der Waals surface area contributed by atoms with E-state index in [1.807, 2.05) is 0 Å². The maximum Gasteiger partial charge on any atom is 0.204 e. The van der Waals surface area contributed by atoms with Gasteiger partial charge in [-0.15, -0.1) is 0 Å². The third-order valence-electron chi connectivity index (χ3n) is 14.2. The normalized spacial score (nSPS) is 28.2. The molecule has 2 aromatic carbocycles. The minimum Gasteiger partial charge on any atom is -0.490 e. The summed E-state index contributed by atoms with van der Waals surface area (Å²) >= 11 is 0. The van der Waals surface area contributed by atoms with Gasteiger partial charge >= 0.3 is 0 Å². The number of fused-ring (bicyclic) bond motifs is 2. The van der Waals surface area contributed by atoms with Gasteiger partial charge < -0.3 is 18.9 Å². The lowest BCUT2D eigenvalue weighted by Gasteiger charge is -2.42. The van der Waals surface area contributed by atoms with Crippen molar-refractivity contribution in [2.24, 2.45) is 53.3 Å². The minimum absolute atomic E-state index is 0.0432. The highest BCUT2D eigenvalue weighted by Gasteiger charge is 2.37. The molecule has 8 heteroatoms. The Bertz CT molecular complexity index is 1390. The summed E-state index contributed by atoms with van der Waals surface area (Å²) in [7, 11) is 0. The molecule has 8 unspecified atom stereocenters. The summed E-state index contributed by atoms with van der Waals surface area (Å²) in [4.78, 5) is 0. The summed E-state index contributed by atoms with van der Waals surface area (Å²) in [6.07, 6.45) is 23.1. The van der Waals surface area contributed by atoms with Gasteiger partial charge in [0, 0.05) is 0 Å². The van der Waals surface area contributed by atoms with Crippen LogP contribution in [0.15, 0.2) is 24.3 Å². The molecule has 4 aliphatic carbocycles. The Morgan fingerprint density at radius 2 is 0.804 bits per heavy atom. The van der Waals surface area contributed by atoms with Gasteiger partial charge in [0.05, 0.1) is 26.4 Å². The third kappa shape index (κ3) is 11.7. The largest absolute Gasteiger partial charge is 0.490 e. The zero-order chi connectivity index (χ0) is 39.4. The first kappa shape index (κ1) is 43.0. The Morgan fingerprint density at radius 3 is 1.16 bits per heavy atom. The Hall–Kier alpha value is -2.64. The van der Waals surface area contributed by atoms with Crippen LogP contribution >= 0.6 is 0 Å². The number of benzene rings is 2. The van der Waals surface area contributed by atoms with E-state index in [0.29, 0.717) is 43.8 Å². The van der Waals surface area contributed by atoms with Crippen molar-refractivity contribution in [3.63, 3.8) is 0 Å². The fourth-order valence-corrected chi connectivity index (χ4v) is 11.1. The second-order valence-corrected chi connectivity index (χ2v) is 18.4. The molecule has 4 nitrogen and oxygen atoms in total. The van der Waals surface area contributed by atoms with E-state index in [-0.39, 0.29) is 36.2 Å². The molecule has 0 amide bonds. The van der Waals surface area contributed by atoms with Crippen molar-refractivity contribution in [2.45, 2.75) is 149 Å². The van der Waals surface area contributed by atoms with Crippen molar-refractivity contribution in [1.29, 1.82) is 0 Å². The molecule has 0 spiro atoms. The van der Waals surface area contributed by atoms with Crippen LogP contribution in [0.3, 0.4) is 0 Å². The first-order chi connectivity index (χ1) is 27.2. The molecular formula is C48H70F4O4. The number of halogens is 4. The van der Waals surface area contributed by atoms with Crippen LogP contribution in [-0.2, 0) is 0 Å². The van der Waals surface area contributed by atoms with Crippen molar-refractivity contribution in [1.82, 2.24) is 0 Å². The lowest BCUT2D eigenvalue weighted by atomic mass is 9.64. The molecule has 314 valence electrons. The standard InChI is InChI=1S/C48H70F4O4/c1-4-8-33-12-16-39-28-35(14-18-37(39)26-33)30-55-43-22-20-41(45(49)47(43)51)53-24-6-10-32(3)11-7-25-54-42-21-23-44(48(52)46(42)50)56-31-36-15-19-38-27-34(9-5-2)13-17-40(38)29-36/h20-23,32-40H,4-19,24-31H2,1-3H3. The van der Waals surface area contributed by atoms with Crippen molar-refractivity contribution in [3.8, 4) is 23.0 Å². The second kappa shape index (κ2) is 21.4. The molecule has 4 fully saturated rings. The summed E-state index contributed by atoms with van der Waals surface area (Å²) in [6, 6.07) is 5.89. The van der Waals surface area contributed by atoms with Crippen LogP contribution in [-0.4, -0.2) is 26.4 Å². The molecular weight excluding hydrogens is 717 g/mol. The van der Waals surface area contributed by atoms with E-state index in [0.717, 1.165) is 74.0 Å². The molecule has 4 aliphatic rings. The third-order valence-corrected chi connectivity index (χ3v) is 14.2. The Morgan fingerprint density at radius 1 is 0.482 bits per heavy atom. The molecule has 2 aromatic rings. The van der Waals surface area contributed by atoms with Gasteiger partial charge in [-0.3, -0.25) is 0 Å². The van der Waals surface area contributed by atoms with Gasteiger partial charge in [0.1, 0.15) is 0 Å². The Balaban J connectivity index is 0.831. The zero-order valence-electron chi connectivity index (χ0n) is 34.6. The first-order valence-electron chi connectivity index (χ1n) is 22.7. The van der Waals surface area contributed by atoms with Gasteiger partial charge in [0.25, 0.3) is 0 Å². The van der Waals surface area contributed by atoms with Gasteiger partial charge in [-0.05, 0) is 167 Å². The second-order valence-electron chi connectivity index (χ2n) is 18.4. The fourth-order valence-electron chi connectivity index (χ4n) is 11.1. The van der Waals surface area contributed by atoms with Crippen LogP contribution in [0, 0.1) is 76.5 Å². The van der Waals surface area contributed by atoms with Crippen LogP contribution in [0.2, 0.25) is 0 Å². The van der Waals surface area contributed by atoms with E-state index in [1.165, 1.54) is 101 Å². The summed E-state index contributed by atoms with van der Waals surface area (Å²) in [5.41, 5.74) is 0. The lowest BCUT2D eigenvalue weighted by Crippen LogP contribution is -2.33. The van der Waals surface area contributed by atoms with Crippen LogP contribution in [0.25, 0.3) is 0 Å². The first-order valence-corrected chi connectivity index (χ1v) is 22.7. The smallest absolute Gasteiger partial charge is 0.204 e. The van der Waals surface area contributed by atoms with Gasteiger partial charge in [-0.25, -0.2) is 0 Å². The van der Waals surface area contributed by atoms with Gasteiger partial charge in [-0.1, -0.05) is 59.3 Å². The molecule has 0 N–H and O–H groups in total. The van der Waals surface area contributed by atoms with Crippen molar-refractivity contribution < 1.29 is 36.5 Å². The van der Waals surface area contributed by atoms with Gasteiger partial charge in [0.15, 0.2) is 23.0 Å². The topological polar surface area (TPSA) is 36.9 Å². The number of hydrogen-bond donors (Lipinski definition) is 0. The van der Waals surface area contributed by atoms with E-state index in [4.69, 9.17) is 18.9 Å². The van der Waals surface area contributed by atoms with Crippen molar-refractivity contribution in [3.05, 3.63) is 47.5 Å². The Kier molecular flexibility index (Phi) is 16.4. The fraction of sp³-hybridized carbons (Fsp3) is 0.750. The Labute approximate surface area is 335 Å². The molecule has 0 aromatic heterocycles. The molecule has 56 heavy (non-hydrogen) atoms. The van der Waals surface area contributed by atoms with E-state index in [1.54, 1.807) is 0 Å². The lowest BCUT2D eigenvalue weighted by molar-refractivity contribution is 0.0738. The maximum absolute atomic E-state index is 14.9. The molecule has 0 heterocycles. The van der Waals surface area contributed by atoms with E-state index >= 15 is 0 Å². The van der Waals surface area contributed by atoms with Crippen molar-refractivity contribution in [2.75, 3.05) is 26.4 Å². The van der Waals surface area contributed by atoms with Crippen LogP contribution in [0.1, 0.15) is 149 Å². The monoisotopic (exact) mass is 787 g/mol. The summed E-state index contributed by atoms with van der Waals surface area (Å²) in [5, 5.41) is 0. The SMILES string of the molecule is CCCC1CCC2CC(COc3ccc(OCCCC(C)CCCOc4ccc(OCC5CCC6CC(CCC)CCC6C5)c(F)c4F)c(F)c3F)CCC2C1. The molecule has 0 bridgehead atoms. The van der Waals surface area contributed by atoms with Crippen LogP contribution in [0.4, 0.5) is 17.6 Å². The van der Waals surface area contributed by atoms with E-state index in [2.05, 4.69) is 20.8 Å². The maximum atomic E-state index is 14.9. The molecule has 0 radical (unpaired) electrons. The highest BCUT2D eigenvalue weighted by molar-refractivity contribution is 5.36. The predicted octanol–water partition coefficient (Wildman–Crippen LogP) is 13.9. The molecule has 6 rings (SSSR count). The van der Waals surface area contributed by atoms with Gasteiger partial charge in [-0.2, -0.15) is 17.6 Å². The van der Waals surface area contributed by atoms with E-state index < -0.39 is 23.3 Å². The highest BCUT2D eigenvalue weighted by atomic mass is 19.2. The van der Waals surface area contributed by atoms with Crippen LogP contribution in [0.5, 0.6) is 23.0 Å². The molecule has 8 atom stereocenters. The minimum atomic E-state index is -1.00. The van der Waals surface area contributed by atoms with Gasteiger partial charge in [0.2, 0.25) is 23.3 Å². The summed E-state index contributed by atoms with van der Waals surface area (Å²) < 4.78 is 82.6. The van der Waals surface area contributed by atoms with Crippen molar-refractivity contribution >= 4 is 0 Å². The van der Waals surface area contributed by atoms with Crippen LogP contribution < -0.4 is 18.9 Å².